The summed E-state index contributed by atoms with van der Waals surface area (Å²) in [5, 5.41) is 10.6. The molecule has 2 atom stereocenters. The summed E-state index contributed by atoms with van der Waals surface area (Å²) < 4.78 is 0. The lowest BCUT2D eigenvalue weighted by atomic mass is 9.95. The van der Waals surface area contributed by atoms with Crippen LogP contribution in [0.3, 0.4) is 0 Å². The second kappa shape index (κ2) is 5.51. The fourth-order valence-corrected chi connectivity index (χ4v) is 2.96. The van der Waals surface area contributed by atoms with Crippen LogP contribution in [0.5, 0.6) is 0 Å². The van der Waals surface area contributed by atoms with E-state index < -0.39 is 6.10 Å². The normalized spacial score (nSPS) is 19.3. The number of aliphatic hydroxyl groups is 1. The third kappa shape index (κ3) is 2.55. The molecule has 3 nitrogen and oxygen atoms in total. The standard InChI is InChI=1S/C17H16ClNO2/c1-11(12-5-3-2-4-6-12)19-15-10-14(18)8-7-13(15)9-16(20)17(19)21/h2-8,10-11,16,20H,9H2,1H3/t11-,16?/m0/s1. The van der Waals surface area contributed by atoms with Gasteiger partial charge in [-0.1, -0.05) is 48.0 Å². The average molecular weight is 302 g/mol. The van der Waals surface area contributed by atoms with Crippen LogP contribution in [-0.4, -0.2) is 17.1 Å². The third-order valence-corrected chi connectivity index (χ3v) is 4.15. The molecule has 0 saturated carbocycles. The highest BCUT2D eigenvalue weighted by Gasteiger charge is 2.34. The molecule has 1 aliphatic heterocycles. The van der Waals surface area contributed by atoms with E-state index in [4.69, 9.17) is 11.6 Å². The Labute approximate surface area is 128 Å². The van der Waals surface area contributed by atoms with Gasteiger partial charge in [0.2, 0.25) is 0 Å². The minimum absolute atomic E-state index is 0.161. The monoisotopic (exact) mass is 301 g/mol. The molecular formula is C17H16ClNO2. The largest absolute Gasteiger partial charge is 0.383 e. The summed E-state index contributed by atoms with van der Waals surface area (Å²) in [7, 11) is 0. The van der Waals surface area contributed by atoms with Crippen molar-refractivity contribution in [2.24, 2.45) is 0 Å². The van der Waals surface area contributed by atoms with E-state index in [9.17, 15) is 9.90 Å². The summed E-state index contributed by atoms with van der Waals surface area (Å²) in [4.78, 5) is 14.1. The molecule has 108 valence electrons. The van der Waals surface area contributed by atoms with Crippen LogP contribution in [0.25, 0.3) is 0 Å². The van der Waals surface area contributed by atoms with Gasteiger partial charge in [0, 0.05) is 17.1 Å². The van der Waals surface area contributed by atoms with Crippen molar-refractivity contribution < 1.29 is 9.90 Å². The highest BCUT2D eigenvalue weighted by atomic mass is 35.5. The van der Waals surface area contributed by atoms with E-state index in [1.807, 2.05) is 43.3 Å². The van der Waals surface area contributed by atoms with E-state index in [2.05, 4.69) is 0 Å². The number of carbonyl (C=O) groups excluding carboxylic acids is 1. The van der Waals surface area contributed by atoms with Crippen molar-refractivity contribution in [3.05, 3.63) is 64.7 Å². The van der Waals surface area contributed by atoms with Crippen molar-refractivity contribution in [1.82, 2.24) is 0 Å². The average Bonchev–Trinajstić information content (AvgIpc) is 2.49. The molecule has 4 heteroatoms. The zero-order valence-corrected chi connectivity index (χ0v) is 12.4. The predicted octanol–water partition coefficient (Wildman–Crippen LogP) is 3.35. The van der Waals surface area contributed by atoms with Crippen molar-refractivity contribution in [3.8, 4) is 0 Å². The topological polar surface area (TPSA) is 40.5 Å². The summed E-state index contributed by atoms with van der Waals surface area (Å²) in [6.07, 6.45) is -0.659. The molecular weight excluding hydrogens is 286 g/mol. The number of hydrogen-bond acceptors (Lipinski definition) is 2. The Hall–Kier alpha value is -1.84. The predicted molar refractivity (Wildman–Crippen MR) is 83.5 cm³/mol. The summed E-state index contributed by atoms with van der Waals surface area (Å²) in [6.45, 7) is 1.95. The van der Waals surface area contributed by atoms with Crippen LogP contribution in [0, 0.1) is 0 Å². The lowest BCUT2D eigenvalue weighted by molar-refractivity contribution is -0.127. The van der Waals surface area contributed by atoms with Gasteiger partial charge >= 0.3 is 0 Å². The zero-order chi connectivity index (χ0) is 15.0. The number of benzene rings is 2. The molecule has 1 unspecified atom stereocenters. The minimum Gasteiger partial charge on any atom is -0.383 e. The number of anilines is 1. The first-order chi connectivity index (χ1) is 10.1. The molecule has 1 N–H and O–H groups in total. The maximum absolute atomic E-state index is 12.4. The SMILES string of the molecule is C[C@@H](c1ccccc1)N1C(=O)C(O)Cc2ccc(Cl)cc21. The van der Waals surface area contributed by atoms with Crippen molar-refractivity contribution >= 4 is 23.2 Å². The fraction of sp³-hybridized carbons (Fsp3) is 0.235. The summed E-state index contributed by atoms with van der Waals surface area (Å²) in [6, 6.07) is 15.1. The molecule has 2 aromatic rings. The summed E-state index contributed by atoms with van der Waals surface area (Å²) >= 11 is 6.08. The Morgan fingerprint density at radius 2 is 1.95 bits per heavy atom. The molecule has 0 spiro atoms. The minimum atomic E-state index is -0.996. The van der Waals surface area contributed by atoms with Crippen LogP contribution in [0.1, 0.15) is 24.1 Å². The number of rotatable bonds is 2. The summed E-state index contributed by atoms with van der Waals surface area (Å²) in [5.74, 6) is -0.277. The fourth-order valence-electron chi connectivity index (χ4n) is 2.79. The number of hydrogen-bond donors (Lipinski definition) is 1. The van der Waals surface area contributed by atoms with Crippen LogP contribution in [0.4, 0.5) is 5.69 Å². The van der Waals surface area contributed by atoms with Gasteiger partial charge in [-0.15, -0.1) is 0 Å². The quantitative estimate of drug-likeness (QED) is 0.924. The Kier molecular flexibility index (Phi) is 3.70. The second-order valence-electron chi connectivity index (χ2n) is 5.29. The maximum Gasteiger partial charge on any atom is 0.256 e. The zero-order valence-electron chi connectivity index (χ0n) is 11.7. The van der Waals surface area contributed by atoms with Gasteiger partial charge in [-0.25, -0.2) is 0 Å². The van der Waals surface area contributed by atoms with Gasteiger partial charge in [0.25, 0.3) is 5.91 Å². The van der Waals surface area contributed by atoms with Crippen molar-refractivity contribution in [2.75, 3.05) is 4.90 Å². The molecule has 0 radical (unpaired) electrons. The van der Waals surface area contributed by atoms with Crippen LogP contribution < -0.4 is 4.90 Å². The molecule has 0 saturated heterocycles. The van der Waals surface area contributed by atoms with Gasteiger partial charge in [-0.3, -0.25) is 4.79 Å². The van der Waals surface area contributed by atoms with Crippen molar-refractivity contribution in [1.29, 1.82) is 0 Å². The first-order valence-corrected chi connectivity index (χ1v) is 7.30. The van der Waals surface area contributed by atoms with E-state index in [1.54, 1.807) is 17.0 Å². The van der Waals surface area contributed by atoms with E-state index in [-0.39, 0.29) is 11.9 Å². The molecule has 2 aromatic carbocycles. The number of amides is 1. The van der Waals surface area contributed by atoms with Gasteiger partial charge in [-0.2, -0.15) is 0 Å². The Bertz CT molecular complexity index is 672. The highest BCUT2D eigenvalue weighted by molar-refractivity contribution is 6.31. The smallest absolute Gasteiger partial charge is 0.256 e. The molecule has 3 rings (SSSR count). The van der Waals surface area contributed by atoms with E-state index in [1.165, 1.54) is 0 Å². The number of halogens is 1. The van der Waals surface area contributed by atoms with Gasteiger partial charge in [-0.05, 0) is 30.2 Å². The molecule has 1 heterocycles. The highest BCUT2D eigenvalue weighted by Crippen LogP contribution is 2.36. The molecule has 0 aromatic heterocycles. The van der Waals surface area contributed by atoms with Crippen LogP contribution in [0.15, 0.2) is 48.5 Å². The van der Waals surface area contributed by atoms with Crippen molar-refractivity contribution in [2.45, 2.75) is 25.5 Å². The van der Waals surface area contributed by atoms with Gasteiger partial charge in [0.15, 0.2) is 0 Å². The third-order valence-electron chi connectivity index (χ3n) is 3.91. The lowest BCUT2D eigenvalue weighted by Gasteiger charge is -2.36. The first-order valence-electron chi connectivity index (χ1n) is 6.92. The number of carbonyl (C=O) groups is 1. The van der Waals surface area contributed by atoms with Gasteiger partial charge in [0.05, 0.1) is 6.04 Å². The Morgan fingerprint density at radius 1 is 1.24 bits per heavy atom. The molecule has 0 aliphatic carbocycles. The number of fused-ring (bicyclic) bond motifs is 1. The lowest BCUT2D eigenvalue weighted by Crippen LogP contribution is -2.45. The first kappa shape index (κ1) is 14.1. The Balaban J connectivity index is 2.08. The van der Waals surface area contributed by atoms with Crippen LogP contribution in [-0.2, 0) is 11.2 Å². The molecule has 1 aliphatic rings. The van der Waals surface area contributed by atoms with Crippen molar-refractivity contribution in [3.63, 3.8) is 0 Å². The maximum atomic E-state index is 12.4. The van der Waals surface area contributed by atoms with Gasteiger partial charge < -0.3 is 10.0 Å². The number of nitrogens with zero attached hydrogens (tertiary/aromatic N) is 1. The molecule has 0 fully saturated rings. The van der Waals surface area contributed by atoms with E-state index in [0.29, 0.717) is 11.4 Å². The van der Waals surface area contributed by atoms with E-state index in [0.717, 1.165) is 16.8 Å². The molecule has 0 bridgehead atoms. The second-order valence-corrected chi connectivity index (χ2v) is 5.72. The summed E-state index contributed by atoms with van der Waals surface area (Å²) in [5.41, 5.74) is 2.74. The number of aliphatic hydroxyl groups excluding tert-OH is 1. The Morgan fingerprint density at radius 3 is 2.67 bits per heavy atom. The van der Waals surface area contributed by atoms with Crippen LogP contribution >= 0.6 is 11.6 Å². The van der Waals surface area contributed by atoms with Crippen LogP contribution in [0.2, 0.25) is 5.02 Å². The van der Waals surface area contributed by atoms with E-state index >= 15 is 0 Å². The molecule has 21 heavy (non-hydrogen) atoms. The van der Waals surface area contributed by atoms with Gasteiger partial charge in [0.1, 0.15) is 6.10 Å². The molecule has 1 amide bonds.